The van der Waals surface area contributed by atoms with E-state index in [9.17, 15) is 26.3 Å². The standard InChI is InChI=1S/C12H13F6NO/c1-6(2)10(13,14)12(17,18)11(15,16)7-3-4-9(20)8(19)5-7/h3-6,20H,19H2,1-2H3. The Bertz CT molecular complexity index is 501. The van der Waals surface area contributed by atoms with Gasteiger partial charge in [-0.25, -0.2) is 0 Å². The molecule has 3 N–H and O–H groups in total. The lowest BCUT2D eigenvalue weighted by Crippen LogP contribution is -2.54. The highest BCUT2D eigenvalue weighted by molar-refractivity contribution is 5.54. The van der Waals surface area contributed by atoms with Gasteiger partial charge in [0.05, 0.1) is 5.69 Å². The van der Waals surface area contributed by atoms with Gasteiger partial charge in [-0.05, 0) is 18.2 Å². The number of benzene rings is 1. The van der Waals surface area contributed by atoms with E-state index in [1.807, 2.05) is 0 Å². The second kappa shape index (κ2) is 4.75. The number of rotatable bonds is 4. The summed E-state index contributed by atoms with van der Waals surface area (Å²) in [4.78, 5) is 0. The third kappa shape index (κ3) is 2.27. The largest absolute Gasteiger partial charge is 0.506 e. The lowest BCUT2D eigenvalue weighted by molar-refractivity contribution is -0.327. The zero-order valence-corrected chi connectivity index (χ0v) is 10.6. The molecule has 114 valence electrons. The van der Waals surface area contributed by atoms with Crippen molar-refractivity contribution in [1.29, 1.82) is 0 Å². The van der Waals surface area contributed by atoms with Crippen molar-refractivity contribution in [2.75, 3.05) is 5.73 Å². The van der Waals surface area contributed by atoms with Gasteiger partial charge >= 0.3 is 17.8 Å². The third-order valence-corrected chi connectivity index (χ3v) is 2.93. The molecule has 0 bridgehead atoms. The number of phenolic OH excluding ortho intramolecular Hbond substituents is 1. The zero-order chi connectivity index (χ0) is 15.9. The smallest absolute Gasteiger partial charge is 0.376 e. The van der Waals surface area contributed by atoms with E-state index in [0.717, 1.165) is 13.8 Å². The SMILES string of the molecule is CC(C)C(F)(F)C(F)(F)C(F)(F)c1ccc(O)c(N)c1. The van der Waals surface area contributed by atoms with Gasteiger partial charge < -0.3 is 10.8 Å². The predicted molar refractivity (Wildman–Crippen MR) is 61.1 cm³/mol. The highest BCUT2D eigenvalue weighted by Gasteiger charge is 2.72. The molecule has 20 heavy (non-hydrogen) atoms. The van der Waals surface area contributed by atoms with E-state index in [1.54, 1.807) is 0 Å². The molecule has 0 saturated carbocycles. The Labute approximate surface area is 111 Å². The summed E-state index contributed by atoms with van der Waals surface area (Å²) in [6.07, 6.45) is 0. The molecule has 0 radical (unpaired) electrons. The summed E-state index contributed by atoms with van der Waals surface area (Å²) >= 11 is 0. The number of nitrogens with two attached hydrogens (primary N) is 1. The Morgan fingerprint density at radius 3 is 1.95 bits per heavy atom. The van der Waals surface area contributed by atoms with Gasteiger partial charge in [0.15, 0.2) is 0 Å². The van der Waals surface area contributed by atoms with Crippen LogP contribution >= 0.6 is 0 Å². The quantitative estimate of drug-likeness (QED) is 0.502. The minimum atomic E-state index is -5.60. The van der Waals surface area contributed by atoms with E-state index < -0.39 is 40.7 Å². The van der Waals surface area contributed by atoms with Gasteiger partial charge in [0.1, 0.15) is 5.75 Å². The van der Waals surface area contributed by atoms with Crippen LogP contribution in [0.4, 0.5) is 32.0 Å². The van der Waals surface area contributed by atoms with Crippen LogP contribution in [0.3, 0.4) is 0 Å². The molecule has 0 spiro atoms. The molecule has 1 aromatic carbocycles. The van der Waals surface area contributed by atoms with Crippen molar-refractivity contribution in [2.45, 2.75) is 31.6 Å². The van der Waals surface area contributed by atoms with Crippen molar-refractivity contribution in [2.24, 2.45) is 5.92 Å². The van der Waals surface area contributed by atoms with E-state index in [4.69, 9.17) is 10.8 Å². The van der Waals surface area contributed by atoms with E-state index in [-0.39, 0.29) is 0 Å². The first-order chi connectivity index (χ1) is 8.85. The molecule has 0 atom stereocenters. The van der Waals surface area contributed by atoms with Gasteiger partial charge in [-0.15, -0.1) is 0 Å². The second-order valence-corrected chi connectivity index (χ2v) is 4.70. The molecule has 2 nitrogen and oxygen atoms in total. The Morgan fingerprint density at radius 1 is 1.05 bits per heavy atom. The van der Waals surface area contributed by atoms with Crippen LogP contribution in [0.1, 0.15) is 19.4 Å². The van der Waals surface area contributed by atoms with Gasteiger partial charge in [0, 0.05) is 11.5 Å². The van der Waals surface area contributed by atoms with Crippen LogP contribution in [-0.2, 0) is 5.92 Å². The van der Waals surface area contributed by atoms with Crippen LogP contribution in [0.25, 0.3) is 0 Å². The zero-order valence-electron chi connectivity index (χ0n) is 10.6. The summed E-state index contributed by atoms with van der Waals surface area (Å²) in [5.41, 5.74) is 3.12. The fourth-order valence-electron chi connectivity index (χ4n) is 1.50. The number of nitrogen functional groups attached to an aromatic ring is 1. The number of halogens is 6. The molecule has 0 amide bonds. The number of phenols is 1. The predicted octanol–water partition coefficient (Wildman–Crippen LogP) is 3.99. The number of hydrogen-bond acceptors (Lipinski definition) is 2. The van der Waals surface area contributed by atoms with Crippen molar-refractivity contribution in [3.8, 4) is 5.75 Å². The van der Waals surface area contributed by atoms with Gasteiger partial charge in [-0.1, -0.05) is 13.8 Å². The average Bonchev–Trinajstić information content (AvgIpc) is 2.31. The maximum absolute atomic E-state index is 13.7. The second-order valence-electron chi connectivity index (χ2n) is 4.70. The van der Waals surface area contributed by atoms with Gasteiger partial charge in [-0.2, -0.15) is 26.3 Å². The van der Waals surface area contributed by atoms with Crippen molar-refractivity contribution in [3.05, 3.63) is 23.8 Å². The summed E-state index contributed by atoms with van der Waals surface area (Å²) in [5, 5.41) is 9.05. The van der Waals surface area contributed by atoms with Crippen LogP contribution in [0.15, 0.2) is 18.2 Å². The molecule has 0 heterocycles. The fourth-order valence-corrected chi connectivity index (χ4v) is 1.50. The summed E-state index contributed by atoms with van der Waals surface area (Å²) < 4.78 is 81.3. The van der Waals surface area contributed by atoms with Gasteiger partial charge in [0.2, 0.25) is 0 Å². The summed E-state index contributed by atoms with van der Waals surface area (Å²) in [6.45, 7) is 1.43. The molecule has 1 aromatic rings. The molecule has 1 rings (SSSR count). The molecule has 0 aliphatic heterocycles. The first kappa shape index (κ1) is 16.5. The van der Waals surface area contributed by atoms with E-state index in [1.165, 1.54) is 0 Å². The first-order valence-electron chi connectivity index (χ1n) is 5.58. The lowest BCUT2D eigenvalue weighted by atomic mass is 9.91. The van der Waals surface area contributed by atoms with Gasteiger partial charge in [0.25, 0.3) is 0 Å². The summed E-state index contributed by atoms with van der Waals surface area (Å²) in [6, 6.07) is 1.41. The summed E-state index contributed by atoms with van der Waals surface area (Å²) in [7, 11) is 0. The maximum atomic E-state index is 13.7. The molecule has 8 heteroatoms. The number of alkyl halides is 6. The molecule has 0 saturated heterocycles. The number of aromatic hydroxyl groups is 1. The average molecular weight is 301 g/mol. The lowest BCUT2D eigenvalue weighted by Gasteiger charge is -2.35. The van der Waals surface area contributed by atoms with Crippen molar-refractivity contribution < 1.29 is 31.4 Å². The van der Waals surface area contributed by atoms with Crippen LogP contribution < -0.4 is 5.73 Å². The Balaban J connectivity index is 3.37. The minimum Gasteiger partial charge on any atom is -0.506 e. The fraction of sp³-hybridized carbons (Fsp3) is 0.500. The van der Waals surface area contributed by atoms with Crippen LogP contribution in [0, 0.1) is 5.92 Å². The molecule has 0 fully saturated rings. The Hall–Kier alpha value is -1.60. The van der Waals surface area contributed by atoms with E-state index >= 15 is 0 Å². The molecule has 0 unspecified atom stereocenters. The molecule has 0 aliphatic carbocycles. The van der Waals surface area contributed by atoms with Crippen molar-refractivity contribution >= 4 is 5.69 Å². The van der Waals surface area contributed by atoms with Crippen LogP contribution in [-0.4, -0.2) is 17.0 Å². The van der Waals surface area contributed by atoms with Crippen LogP contribution in [0.2, 0.25) is 0 Å². The minimum absolute atomic E-state index is 0.347. The molecular formula is C12H13F6NO. The monoisotopic (exact) mass is 301 g/mol. The van der Waals surface area contributed by atoms with E-state index in [0.29, 0.717) is 18.2 Å². The highest BCUT2D eigenvalue weighted by atomic mass is 19.3. The third-order valence-electron chi connectivity index (χ3n) is 2.93. The number of anilines is 1. The topological polar surface area (TPSA) is 46.2 Å². The molecular weight excluding hydrogens is 288 g/mol. The Morgan fingerprint density at radius 2 is 1.55 bits per heavy atom. The Kier molecular flexibility index (Phi) is 3.91. The summed E-state index contributed by atoms with van der Waals surface area (Å²) in [5.74, 6) is -18.2. The van der Waals surface area contributed by atoms with Crippen molar-refractivity contribution in [3.63, 3.8) is 0 Å². The normalized spacial score (nSPS) is 13.8. The van der Waals surface area contributed by atoms with Crippen molar-refractivity contribution in [1.82, 2.24) is 0 Å². The van der Waals surface area contributed by atoms with Gasteiger partial charge in [-0.3, -0.25) is 0 Å². The first-order valence-corrected chi connectivity index (χ1v) is 5.58. The molecule has 0 aliphatic rings. The molecule has 0 aromatic heterocycles. The van der Waals surface area contributed by atoms with Crippen LogP contribution in [0.5, 0.6) is 5.75 Å². The van der Waals surface area contributed by atoms with E-state index in [2.05, 4.69) is 0 Å². The maximum Gasteiger partial charge on any atom is 0.376 e. The number of hydrogen-bond donors (Lipinski definition) is 2. The highest BCUT2D eigenvalue weighted by Crippen LogP contribution is 2.54.